The number of nitrogens with two attached hydrogens (primary N) is 1. The molecule has 0 aliphatic rings. The van der Waals surface area contributed by atoms with Gasteiger partial charge in [-0.2, -0.15) is 4.73 Å². The molecule has 3 rings (SSSR count). The van der Waals surface area contributed by atoms with Gasteiger partial charge >= 0.3 is 5.97 Å². The minimum atomic E-state index is -0.947. The predicted octanol–water partition coefficient (Wildman–Crippen LogP) is 4.51. The van der Waals surface area contributed by atoms with E-state index in [4.69, 9.17) is 43.1 Å². The first kappa shape index (κ1) is 23.4. The number of esters is 1. The Kier molecular flexibility index (Phi) is 7.27. The molecule has 7 nitrogen and oxygen atoms in total. The smallest absolute Gasteiger partial charge is 0.341 e. The zero-order valence-corrected chi connectivity index (χ0v) is 18.6. The van der Waals surface area contributed by atoms with Crippen LogP contribution in [0.25, 0.3) is 0 Å². The van der Waals surface area contributed by atoms with E-state index in [-0.39, 0.29) is 27.7 Å². The second-order valence-electron chi connectivity index (χ2n) is 6.74. The maximum atomic E-state index is 14.3. The van der Waals surface area contributed by atoms with Gasteiger partial charge in [-0.15, -0.1) is 0 Å². The molecular formula is C22H19Cl2FN2O5. The molecular weight excluding hydrogens is 462 g/mol. The van der Waals surface area contributed by atoms with Crippen molar-refractivity contribution < 1.29 is 28.1 Å². The summed E-state index contributed by atoms with van der Waals surface area (Å²) in [6, 6.07) is 8.58. The number of hydrogen-bond acceptors (Lipinski definition) is 6. The topological polar surface area (TPSA) is 97.7 Å². The third-order valence-corrected chi connectivity index (χ3v) is 5.34. The summed E-state index contributed by atoms with van der Waals surface area (Å²) in [7, 11) is 2.95. The minimum absolute atomic E-state index is 0.0102. The van der Waals surface area contributed by atoms with E-state index < -0.39 is 17.9 Å². The van der Waals surface area contributed by atoms with E-state index in [1.54, 1.807) is 18.2 Å². The molecule has 0 saturated carbocycles. The van der Waals surface area contributed by atoms with Crippen molar-refractivity contribution in [1.29, 1.82) is 0 Å². The molecule has 0 saturated heterocycles. The highest BCUT2D eigenvalue weighted by Crippen LogP contribution is 2.35. The van der Waals surface area contributed by atoms with E-state index in [9.17, 15) is 14.4 Å². The Hall–Kier alpha value is -3.23. The lowest BCUT2D eigenvalue weighted by Gasteiger charge is -2.21. The molecule has 0 aliphatic heterocycles. The quantitative estimate of drug-likeness (QED) is 0.231. The number of hydrogen-bond donors (Lipinski definition) is 1. The Morgan fingerprint density at radius 2 is 1.75 bits per heavy atom. The van der Waals surface area contributed by atoms with E-state index in [2.05, 4.69) is 0 Å². The van der Waals surface area contributed by atoms with Gasteiger partial charge in [0.05, 0.1) is 19.8 Å². The standard InChI is InChI=1S/C22H19Cl2FN2O5/c1-30-19-6-3-12(7-21(19)31-2)20(9-15-16(23)10-27(29)11-17(15)24)32-22(28)14-5-4-13(26)8-18(14)25/h3-8,10-11,20H,9,26H2,1-2H3. The van der Waals surface area contributed by atoms with Crippen molar-refractivity contribution in [2.45, 2.75) is 12.5 Å². The summed E-state index contributed by atoms with van der Waals surface area (Å²) in [5.74, 6) is -0.866. The second-order valence-corrected chi connectivity index (χ2v) is 7.56. The molecule has 2 aromatic carbocycles. The van der Waals surface area contributed by atoms with E-state index in [0.29, 0.717) is 27.4 Å². The Bertz CT molecular complexity index is 1140. The SMILES string of the molecule is COc1ccc(C(Cc2c(Cl)c[n+]([O-])cc2Cl)OC(=O)c2ccc(N)cc2F)cc1OC. The van der Waals surface area contributed by atoms with Crippen LogP contribution in [-0.4, -0.2) is 20.2 Å². The molecule has 2 N–H and O–H groups in total. The lowest BCUT2D eigenvalue weighted by Crippen LogP contribution is -2.25. The first-order valence-corrected chi connectivity index (χ1v) is 10.0. The molecule has 1 atom stereocenters. The fraction of sp³-hybridized carbons (Fsp3) is 0.182. The molecule has 0 fully saturated rings. The van der Waals surface area contributed by atoms with Crippen LogP contribution < -0.4 is 19.9 Å². The molecule has 1 aromatic heterocycles. The van der Waals surface area contributed by atoms with Gasteiger partial charge in [0.1, 0.15) is 22.0 Å². The first-order chi connectivity index (χ1) is 15.2. The van der Waals surface area contributed by atoms with Gasteiger partial charge in [0.2, 0.25) is 0 Å². The Morgan fingerprint density at radius 1 is 1.09 bits per heavy atom. The molecule has 0 spiro atoms. The summed E-state index contributed by atoms with van der Waals surface area (Å²) >= 11 is 12.4. The highest BCUT2D eigenvalue weighted by molar-refractivity contribution is 6.35. The number of nitrogen functional groups attached to an aromatic ring is 1. The monoisotopic (exact) mass is 480 g/mol. The molecule has 168 valence electrons. The van der Waals surface area contributed by atoms with Crippen LogP contribution in [0.2, 0.25) is 10.0 Å². The van der Waals surface area contributed by atoms with Crippen molar-refractivity contribution >= 4 is 34.9 Å². The molecule has 3 aromatic rings. The number of ether oxygens (including phenoxy) is 3. The summed E-state index contributed by atoms with van der Waals surface area (Å²) < 4.78 is 31.0. The van der Waals surface area contributed by atoms with Gasteiger partial charge in [-0.1, -0.05) is 29.3 Å². The van der Waals surface area contributed by atoms with E-state index in [1.165, 1.54) is 26.4 Å². The second kappa shape index (κ2) is 9.93. The zero-order valence-electron chi connectivity index (χ0n) is 17.1. The van der Waals surface area contributed by atoms with Crippen LogP contribution in [0, 0.1) is 11.0 Å². The highest BCUT2D eigenvalue weighted by atomic mass is 35.5. The van der Waals surface area contributed by atoms with E-state index in [0.717, 1.165) is 18.5 Å². The van der Waals surface area contributed by atoms with E-state index >= 15 is 0 Å². The Balaban J connectivity index is 2.02. The number of methoxy groups -OCH3 is 2. The van der Waals surface area contributed by atoms with Crippen molar-refractivity contribution in [3.63, 3.8) is 0 Å². The molecule has 0 aliphatic carbocycles. The summed E-state index contributed by atoms with van der Waals surface area (Å²) in [4.78, 5) is 12.8. The number of rotatable bonds is 7. The molecule has 32 heavy (non-hydrogen) atoms. The molecule has 0 radical (unpaired) electrons. The zero-order chi connectivity index (χ0) is 23.4. The third kappa shape index (κ3) is 5.15. The number of benzene rings is 2. The lowest BCUT2D eigenvalue weighted by molar-refractivity contribution is -0.605. The molecule has 1 heterocycles. The van der Waals surface area contributed by atoms with Crippen LogP contribution in [0.1, 0.15) is 27.6 Å². The molecule has 10 heteroatoms. The average molecular weight is 481 g/mol. The van der Waals surface area contributed by atoms with Crippen LogP contribution in [0.5, 0.6) is 11.5 Å². The summed E-state index contributed by atoms with van der Waals surface area (Å²) in [5.41, 5.74) is 6.33. The van der Waals surface area contributed by atoms with Crippen molar-refractivity contribution in [2.75, 3.05) is 20.0 Å². The number of aromatic nitrogens is 1. The predicted molar refractivity (Wildman–Crippen MR) is 118 cm³/mol. The normalized spacial score (nSPS) is 11.7. The van der Waals surface area contributed by atoms with Crippen LogP contribution in [0.3, 0.4) is 0 Å². The van der Waals surface area contributed by atoms with Gasteiger partial charge in [-0.3, -0.25) is 0 Å². The van der Waals surface area contributed by atoms with Gasteiger partial charge in [0.15, 0.2) is 23.9 Å². The van der Waals surface area contributed by atoms with Crippen molar-refractivity contribution in [3.8, 4) is 11.5 Å². The van der Waals surface area contributed by atoms with E-state index in [1.807, 2.05) is 0 Å². The largest absolute Gasteiger partial charge is 0.619 e. The third-order valence-electron chi connectivity index (χ3n) is 4.69. The number of carbonyl (C=O) groups is 1. The lowest BCUT2D eigenvalue weighted by atomic mass is 10.0. The van der Waals surface area contributed by atoms with Gasteiger partial charge in [0.25, 0.3) is 0 Å². The number of carbonyl (C=O) groups excluding carboxylic acids is 1. The molecule has 0 amide bonds. The van der Waals surface area contributed by atoms with Crippen molar-refractivity contribution in [3.05, 3.63) is 86.6 Å². The maximum Gasteiger partial charge on any atom is 0.341 e. The summed E-state index contributed by atoms with van der Waals surface area (Å²) in [6.07, 6.45) is 1.33. The molecule has 1 unspecified atom stereocenters. The van der Waals surface area contributed by atoms with Crippen LogP contribution in [0.4, 0.5) is 10.1 Å². The van der Waals surface area contributed by atoms with Gasteiger partial charge in [0, 0.05) is 17.7 Å². The number of nitrogens with zero attached hydrogens (tertiary/aromatic N) is 1. The summed E-state index contributed by atoms with van der Waals surface area (Å²) in [5, 5.41) is 11.8. The van der Waals surface area contributed by atoms with Crippen molar-refractivity contribution in [2.24, 2.45) is 0 Å². The number of pyridine rings is 1. The van der Waals surface area contributed by atoms with Crippen LogP contribution >= 0.6 is 23.2 Å². The summed E-state index contributed by atoms with van der Waals surface area (Å²) in [6.45, 7) is 0. The number of anilines is 1. The first-order valence-electron chi connectivity index (χ1n) is 9.28. The van der Waals surface area contributed by atoms with Gasteiger partial charge < -0.3 is 25.2 Å². The fourth-order valence-corrected chi connectivity index (χ4v) is 3.68. The average Bonchev–Trinajstić information content (AvgIpc) is 2.74. The van der Waals surface area contributed by atoms with Gasteiger partial charge in [-0.05, 0) is 35.9 Å². The molecule has 0 bridgehead atoms. The van der Waals surface area contributed by atoms with Crippen molar-refractivity contribution in [1.82, 2.24) is 0 Å². The fourth-order valence-electron chi connectivity index (χ4n) is 3.08. The number of halogens is 3. The maximum absolute atomic E-state index is 14.3. The Labute approximate surface area is 193 Å². The van der Waals surface area contributed by atoms with Crippen LogP contribution in [0.15, 0.2) is 48.8 Å². The van der Waals surface area contributed by atoms with Crippen LogP contribution in [-0.2, 0) is 11.2 Å². The van der Waals surface area contributed by atoms with Gasteiger partial charge in [-0.25, -0.2) is 9.18 Å². The Morgan fingerprint density at radius 3 is 2.34 bits per heavy atom. The highest BCUT2D eigenvalue weighted by Gasteiger charge is 2.25. The minimum Gasteiger partial charge on any atom is -0.619 e.